The van der Waals surface area contributed by atoms with Crippen molar-refractivity contribution in [1.82, 2.24) is 10.2 Å². The van der Waals surface area contributed by atoms with Crippen molar-refractivity contribution in [2.45, 2.75) is 83.2 Å². The Morgan fingerprint density at radius 1 is 1.19 bits per heavy atom. The van der Waals surface area contributed by atoms with E-state index in [1.54, 1.807) is 29.2 Å². The number of likely N-dealkylation sites (tertiary alicyclic amines) is 1. The first-order valence-corrected chi connectivity index (χ1v) is 13.6. The van der Waals surface area contributed by atoms with E-state index in [9.17, 15) is 14.4 Å². The third-order valence-electron chi connectivity index (χ3n) is 9.07. The van der Waals surface area contributed by atoms with E-state index in [1.165, 1.54) is 6.42 Å². The fourth-order valence-corrected chi connectivity index (χ4v) is 6.81. The van der Waals surface area contributed by atoms with Gasteiger partial charge in [0.15, 0.2) is 0 Å². The molecule has 3 amide bonds. The first kappa shape index (κ1) is 25.3. The minimum atomic E-state index is -1.14. The molecule has 1 aromatic carbocycles. The second-order valence-electron chi connectivity index (χ2n) is 11.1. The topological polar surface area (TPSA) is 87.7 Å². The highest BCUT2D eigenvalue weighted by Crippen LogP contribution is 2.56. The van der Waals surface area contributed by atoms with Gasteiger partial charge in [-0.25, -0.2) is 0 Å². The van der Waals surface area contributed by atoms with Crippen LogP contribution in [-0.4, -0.2) is 52.5 Å². The summed E-state index contributed by atoms with van der Waals surface area (Å²) in [5.74, 6) is -1.21. The van der Waals surface area contributed by atoms with Gasteiger partial charge in [0.1, 0.15) is 11.6 Å². The first-order valence-electron chi connectivity index (χ1n) is 13.2. The van der Waals surface area contributed by atoms with Gasteiger partial charge >= 0.3 is 0 Å². The number of ether oxygens (including phenoxy) is 1. The maximum Gasteiger partial charge on any atom is 0.246 e. The van der Waals surface area contributed by atoms with E-state index in [4.69, 9.17) is 16.3 Å². The Hall–Kier alpha value is -2.38. The Labute approximate surface area is 218 Å². The number of carbonyl (C=O) groups excluding carboxylic acids is 3. The van der Waals surface area contributed by atoms with Gasteiger partial charge in [0.25, 0.3) is 0 Å². The van der Waals surface area contributed by atoms with Crippen LogP contribution in [0.3, 0.4) is 0 Å². The molecule has 9 atom stereocenters. The summed E-state index contributed by atoms with van der Waals surface area (Å²) in [6.45, 7) is 8.38. The zero-order valence-corrected chi connectivity index (χ0v) is 22.1. The van der Waals surface area contributed by atoms with Crippen molar-refractivity contribution < 1.29 is 19.1 Å². The molecule has 1 aromatic rings. The van der Waals surface area contributed by atoms with Crippen LogP contribution < -0.4 is 10.6 Å². The Morgan fingerprint density at radius 3 is 2.61 bits per heavy atom. The van der Waals surface area contributed by atoms with Crippen molar-refractivity contribution in [1.29, 1.82) is 0 Å². The Morgan fingerprint density at radius 2 is 1.92 bits per heavy atom. The highest BCUT2D eigenvalue weighted by molar-refractivity contribution is 6.30. The predicted molar refractivity (Wildman–Crippen MR) is 138 cm³/mol. The summed E-state index contributed by atoms with van der Waals surface area (Å²) < 4.78 is 6.42. The molecule has 7 nitrogen and oxygen atoms in total. The van der Waals surface area contributed by atoms with E-state index >= 15 is 0 Å². The summed E-state index contributed by atoms with van der Waals surface area (Å²) in [6, 6.07) is 5.96. The lowest BCUT2D eigenvalue weighted by molar-refractivity contribution is -0.144. The molecule has 8 heteroatoms. The molecule has 3 aliphatic heterocycles. The third-order valence-corrected chi connectivity index (χ3v) is 9.33. The summed E-state index contributed by atoms with van der Waals surface area (Å²) in [4.78, 5) is 43.0. The zero-order chi connectivity index (χ0) is 25.8. The maximum absolute atomic E-state index is 13.9. The van der Waals surface area contributed by atoms with Gasteiger partial charge in [-0.3, -0.25) is 14.4 Å². The molecule has 0 unspecified atom stereocenters. The van der Waals surface area contributed by atoms with Crippen LogP contribution in [-0.2, 0) is 19.1 Å². The van der Waals surface area contributed by atoms with Crippen LogP contribution in [0.15, 0.2) is 36.4 Å². The number of hydrogen-bond donors (Lipinski definition) is 2. The van der Waals surface area contributed by atoms with E-state index in [0.29, 0.717) is 29.0 Å². The number of carbonyl (C=O) groups is 3. The number of nitrogens with one attached hydrogen (secondary N) is 2. The molecule has 1 spiro atoms. The largest absolute Gasteiger partial charge is 0.359 e. The van der Waals surface area contributed by atoms with Gasteiger partial charge in [0.05, 0.1) is 17.9 Å². The van der Waals surface area contributed by atoms with Crippen LogP contribution in [0.5, 0.6) is 0 Å². The normalized spacial score (nSPS) is 37.6. The van der Waals surface area contributed by atoms with Gasteiger partial charge in [-0.15, -0.1) is 0 Å². The lowest BCUT2D eigenvalue weighted by Crippen LogP contribution is -2.59. The molecule has 194 valence electrons. The molecule has 3 fully saturated rings. The lowest BCUT2D eigenvalue weighted by Gasteiger charge is -2.39. The van der Waals surface area contributed by atoms with Crippen LogP contribution >= 0.6 is 11.6 Å². The number of fused-ring (bicyclic) bond motifs is 1. The van der Waals surface area contributed by atoms with Gasteiger partial charge in [0, 0.05) is 22.8 Å². The van der Waals surface area contributed by atoms with Crippen LogP contribution in [0, 0.1) is 23.7 Å². The third kappa shape index (κ3) is 3.95. The number of nitrogens with zero attached hydrogens (tertiary/aromatic N) is 1. The van der Waals surface area contributed by atoms with Crippen LogP contribution in [0.1, 0.15) is 53.4 Å². The predicted octanol–water partition coefficient (Wildman–Crippen LogP) is 4.17. The van der Waals surface area contributed by atoms with E-state index in [2.05, 4.69) is 24.5 Å². The van der Waals surface area contributed by atoms with Crippen molar-refractivity contribution in [3.63, 3.8) is 0 Å². The van der Waals surface area contributed by atoms with E-state index < -0.39 is 29.6 Å². The number of anilines is 1. The molecule has 1 saturated carbocycles. The molecular weight excluding hydrogens is 478 g/mol. The zero-order valence-electron chi connectivity index (χ0n) is 21.4. The van der Waals surface area contributed by atoms with Crippen LogP contribution in [0.25, 0.3) is 0 Å². The van der Waals surface area contributed by atoms with Gasteiger partial charge < -0.3 is 20.3 Å². The minimum absolute atomic E-state index is 0.0668. The summed E-state index contributed by atoms with van der Waals surface area (Å²) in [5, 5.41) is 6.78. The SMILES string of the molecule is CC[C@H](C)N1C(=O)[C@H]2[C@H](C(=O)Nc3ccc(Cl)cc3)[C@H]3C=C[C@@]2(O3)[C@@H]1C(=O)N[C@@H]1CCC[C@H](C)[C@H]1C. The first-order chi connectivity index (χ1) is 17.2. The molecule has 1 aliphatic carbocycles. The quantitative estimate of drug-likeness (QED) is 0.559. The Balaban J connectivity index is 1.44. The molecule has 36 heavy (non-hydrogen) atoms. The molecule has 2 bridgehead atoms. The standard InChI is InChI=1S/C28H36ClN3O4/c1-5-16(3)32-24(26(34)31-20-8-6-7-15(2)17(20)4)28-14-13-21(36-28)22(23(28)27(32)35)25(33)30-19-11-9-18(29)10-12-19/h9-17,20-24H,5-8H2,1-4H3,(H,30,33)(H,31,34)/t15-,16-,17+,20+,21+,22+,23+,24-,28-/m0/s1. The average Bonchev–Trinajstić information content (AvgIpc) is 3.50. The highest BCUT2D eigenvalue weighted by Gasteiger charge is 2.73. The van der Waals surface area contributed by atoms with E-state index in [0.717, 1.165) is 12.8 Å². The molecule has 4 aliphatic rings. The average molecular weight is 514 g/mol. The molecule has 5 rings (SSSR count). The van der Waals surface area contributed by atoms with Gasteiger partial charge in [-0.2, -0.15) is 0 Å². The number of amides is 3. The van der Waals surface area contributed by atoms with E-state index in [1.807, 2.05) is 26.0 Å². The second kappa shape index (κ2) is 9.49. The summed E-state index contributed by atoms with van der Waals surface area (Å²) in [5.41, 5.74) is -0.537. The fraction of sp³-hybridized carbons (Fsp3) is 0.607. The second-order valence-corrected chi connectivity index (χ2v) is 11.5. The Bertz CT molecular complexity index is 1080. The fourth-order valence-electron chi connectivity index (χ4n) is 6.68. The number of halogens is 1. The van der Waals surface area contributed by atoms with Crippen LogP contribution in [0.2, 0.25) is 5.02 Å². The van der Waals surface area contributed by atoms with Crippen molar-refractivity contribution in [3.05, 3.63) is 41.4 Å². The molecule has 0 aromatic heterocycles. The van der Waals surface area contributed by atoms with Gasteiger partial charge in [-0.1, -0.05) is 57.4 Å². The Kier molecular flexibility index (Phi) is 6.66. The molecular formula is C28H36ClN3O4. The van der Waals surface area contributed by atoms with Crippen molar-refractivity contribution >= 4 is 35.0 Å². The number of rotatable bonds is 6. The minimum Gasteiger partial charge on any atom is -0.359 e. The highest BCUT2D eigenvalue weighted by atomic mass is 35.5. The monoisotopic (exact) mass is 513 g/mol. The summed E-state index contributed by atoms with van der Waals surface area (Å²) >= 11 is 5.98. The van der Waals surface area contributed by atoms with E-state index in [-0.39, 0.29) is 29.8 Å². The molecule has 2 N–H and O–H groups in total. The molecule has 0 radical (unpaired) electrons. The van der Waals surface area contributed by atoms with Crippen molar-refractivity contribution in [2.24, 2.45) is 23.7 Å². The number of benzene rings is 1. The number of hydrogen-bond acceptors (Lipinski definition) is 4. The van der Waals surface area contributed by atoms with Gasteiger partial charge in [0.2, 0.25) is 17.7 Å². The van der Waals surface area contributed by atoms with Crippen LogP contribution in [0.4, 0.5) is 5.69 Å². The summed E-state index contributed by atoms with van der Waals surface area (Å²) in [6.07, 6.45) is 7.04. The molecule has 2 saturated heterocycles. The van der Waals surface area contributed by atoms with Gasteiger partial charge in [-0.05, 0) is 55.9 Å². The van der Waals surface area contributed by atoms with Crippen molar-refractivity contribution in [3.8, 4) is 0 Å². The van der Waals surface area contributed by atoms with Crippen molar-refractivity contribution in [2.75, 3.05) is 5.32 Å². The maximum atomic E-state index is 13.9. The molecule has 3 heterocycles. The summed E-state index contributed by atoms with van der Waals surface area (Å²) in [7, 11) is 0. The smallest absolute Gasteiger partial charge is 0.246 e. The lowest BCUT2D eigenvalue weighted by atomic mass is 9.73.